The summed E-state index contributed by atoms with van der Waals surface area (Å²) in [4.78, 5) is 21.7. The Bertz CT molecular complexity index is 243. The Balaban J connectivity index is 2.17. The van der Waals surface area contributed by atoms with Crippen LogP contribution in [0.1, 0.15) is 6.42 Å². The molecule has 2 unspecified atom stereocenters. The first kappa shape index (κ1) is 7.17. The van der Waals surface area contributed by atoms with Gasteiger partial charge in [-0.2, -0.15) is 5.06 Å². The van der Waals surface area contributed by atoms with E-state index in [-0.39, 0.29) is 6.17 Å². The maximum atomic E-state index is 10.9. The maximum Gasteiger partial charge on any atom is 0.344 e. The minimum atomic E-state index is -0.613. The molecule has 0 aliphatic carbocycles. The van der Waals surface area contributed by atoms with Crippen molar-refractivity contribution in [1.82, 2.24) is 21.0 Å². The number of hydrogen-bond acceptors (Lipinski definition) is 3. The second kappa shape index (κ2) is 2.24. The third kappa shape index (κ3) is 0.944. The Morgan fingerprint density at radius 1 is 1.33 bits per heavy atom. The second-order valence-electron chi connectivity index (χ2n) is 2.72. The summed E-state index contributed by atoms with van der Waals surface area (Å²) in [7, 11) is 0. The number of nitrogens with zero attached hydrogens (tertiary/aromatic N) is 1. The van der Waals surface area contributed by atoms with Gasteiger partial charge in [-0.05, 0) is 0 Å². The molecule has 2 saturated heterocycles. The lowest BCUT2D eigenvalue weighted by molar-refractivity contribution is -0.106. The van der Waals surface area contributed by atoms with Crippen LogP contribution in [0.25, 0.3) is 0 Å². The smallest absolute Gasteiger partial charge is 0.318 e. The standard InChI is InChI=1S/C5H8N4O3/c10-4-6-2-1-3(8-4)9(12)5(11)7-2/h2-3,12H,1H2,(H,7,11)(H2,6,8,10). The molecule has 2 atom stereocenters. The van der Waals surface area contributed by atoms with Crippen LogP contribution >= 0.6 is 0 Å². The van der Waals surface area contributed by atoms with Crippen LogP contribution in [0.2, 0.25) is 0 Å². The highest BCUT2D eigenvalue weighted by Gasteiger charge is 2.37. The fourth-order valence-corrected chi connectivity index (χ4v) is 1.31. The predicted molar refractivity (Wildman–Crippen MR) is 36.0 cm³/mol. The molecule has 2 fully saturated rings. The lowest BCUT2D eigenvalue weighted by Gasteiger charge is -2.40. The van der Waals surface area contributed by atoms with Gasteiger partial charge in [0.25, 0.3) is 0 Å². The van der Waals surface area contributed by atoms with Gasteiger partial charge in [0.2, 0.25) is 0 Å². The molecule has 4 amide bonds. The summed E-state index contributed by atoms with van der Waals surface area (Å²) in [5, 5.41) is 16.8. The van der Waals surface area contributed by atoms with E-state index < -0.39 is 18.2 Å². The van der Waals surface area contributed by atoms with E-state index >= 15 is 0 Å². The van der Waals surface area contributed by atoms with E-state index in [2.05, 4.69) is 16.0 Å². The normalized spacial score (nSPS) is 33.6. The Morgan fingerprint density at radius 3 is 2.83 bits per heavy atom. The van der Waals surface area contributed by atoms with Crippen molar-refractivity contribution in [2.24, 2.45) is 0 Å². The first-order chi connectivity index (χ1) is 5.66. The average molecular weight is 172 g/mol. The molecule has 0 aromatic heterocycles. The molecule has 2 bridgehead atoms. The maximum absolute atomic E-state index is 10.9. The molecule has 7 heteroatoms. The van der Waals surface area contributed by atoms with Crippen molar-refractivity contribution in [3.05, 3.63) is 0 Å². The summed E-state index contributed by atoms with van der Waals surface area (Å²) in [6.45, 7) is 0. The molecule has 2 aliphatic heterocycles. The van der Waals surface area contributed by atoms with Crippen molar-refractivity contribution in [3.63, 3.8) is 0 Å². The van der Waals surface area contributed by atoms with Crippen LogP contribution in [0.4, 0.5) is 9.59 Å². The van der Waals surface area contributed by atoms with Crippen LogP contribution in [-0.4, -0.2) is 34.7 Å². The Hall–Kier alpha value is -1.50. The Kier molecular flexibility index (Phi) is 1.34. The number of fused-ring (bicyclic) bond motifs is 2. The molecular weight excluding hydrogens is 164 g/mol. The number of rotatable bonds is 0. The highest BCUT2D eigenvalue weighted by atomic mass is 16.5. The number of hydrogen-bond donors (Lipinski definition) is 4. The highest BCUT2D eigenvalue weighted by molar-refractivity contribution is 5.81. The van der Waals surface area contributed by atoms with Crippen molar-refractivity contribution in [1.29, 1.82) is 0 Å². The SMILES string of the molecule is O=C1NC2CC(N1)N(O)C(=O)N2. The van der Waals surface area contributed by atoms with E-state index in [9.17, 15) is 9.59 Å². The molecule has 2 aliphatic rings. The van der Waals surface area contributed by atoms with Crippen molar-refractivity contribution in [2.75, 3.05) is 0 Å². The van der Waals surface area contributed by atoms with E-state index in [1.807, 2.05) is 0 Å². The molecule has 0 saturated carbocycles. The summed E-state index contributed by atoms with van der Waals surface area (Å²) in [5.74, 6) is 0. The molecule has 0 aromatic carbocycles. The summed E-state index contributed by atoms with van der Waals surface area (Å²) < 4.78 is 0. The Labute approximate surface area is 67.7 Å². The first-order valence-corrected chi connectivity index (χ1v) is 3.52. The molecule has 0 spiro atoms. The molecular formula is C5H8N4O3. The van der Waals surface area contributed by atoms with Crippen molar-refractivity contribution >= 4 is 12.1 Å². The van der Waals surface area contributed by atoms with Crippen molar-refractivity contribution < 1.29 is 14.8 Å². The lowest BCUT2D eigenvalue weighted by atomic mass is 10.2. The molecule has 12 heavy (non-hydrogen) atoms. The summed E-state index contributed by atoms with van der Waals surface area (Å²) in [6.07, 6.45) is -0.536. The van der Waals surface area contributed by atoms with Gasteiger partial charge < -0.3 is 16.0 Å². The molecule has 0 radical (unpaired) electrons. The third-order valence-corrected chi connectivity index (χ3v) is 1.86. The molecule has 4 N–H and O–H groups in total. The topological polar surface area (TPSA) is 93.7 Å². The number of carbonyl (C=O) groups excluding carboxylic acids is 2. The van der Waals surface area contributed by atoms with Crippen LogP contribution in [-0.2, 0) is 0 Å². The van der Waals surface area contributed by atoms with E-state index in [0.717, 1.165) is 0 Å². The summed E-state index contributed by atoms with van der Waals surface area (Å²) >= 11 is 0. The Morgan fingerprint density at radius 2 is 2.08 bits per heavy atom. The van der Waals surface area contributed by atoms with Gasteiger partial charge in [-0.3, -0.25) is 5.21 Å². The van der Waals surface area contributed by atoms with E-state index in [1.165, 1.54) is 0 Å². The largest absolute Gasteiger partial charge is 0.344 e. The highest BCUT2D eigenvalue weighted by Crippen LogP contribution is 2.11. The summed E-state index contributed by atoms with van der Waals surface area (Å²) in [6, 6.07) is -1.00. The van der Waals surface area contributed by atoms with Crippen molar-refractivity contribution in [3.8, 4) is 0 Å². The van der Waals surface area contributed by atoms with Gasteiger partial charge in [0.1, 0.15) is 12.3 Å². The van der Waals surface area contributed by atoms with Gasteiger partial charge in [0, 0.05) is 6.42 Å². The number of amides is 4. The first-order valence-electron chi connectivity index (χ1n) is 3.52. The number of carbonyl (C=O) groups is 2. The van der Waals surface area contributed by atoms with Crippen LogP contribution in [0, 0.1) is 0 Å². The number of urea groups is 2. The number of hydroxylamine groups is 2. The van der Waals surface area contributed by atoms with E-state index in [1.54, 1.807) is 0 Å². The third-order valence-electron chi connectivity index (χ3n) is 1.86. The quantitative estimate of drug-likeness (QED) is 0.344. The molecule has 2 rings (SSSR count). The molecule has 0 aromatic rings. The van der Waals surface area contributed by atoms with Crippen LogP contribution < -0.4 is 16.0 Å². The van der Waals surface area contributed by atoms with Gasteiger partial charge >= 0.3 is 12.1 Å². The molecule has 66 valence electrons. The van der Waals surface area contributed by atoms with Crippen LogP contribution in [0.3, 0.4) is 0 Å². The zero-order chi connectivity index (χ0) is 8.72. The zero-order valence-corrected chi connectivity index (χ0v) is 6.07. The fourth-order valence-electron chi connectivity index (χ4n) is 1.31. The van der Waals surface area contributed by atoms with Crippen molar-refractivity contribution in [2.45, 2.75) is 18.8 Å². The van der Waals surface area contributed by atoms with Gasteiger partial charge in [0.15, 0.2) is 0 Å². The molecule has 2 heterocycles. The minimum Gasteiger partial charge on any atom is -0.318 e. The van der Waals surface area contributed by atoms with Gasteiger partial charge in [-0.15, -0.1) is 0 Å². The van der Waals surface area contributed by atoms with Gasteiger partial charge in [-0.25, -0.2) is 9.59 Å². The fraction of sp³-hybridized carbons (Fsp3) is 0.600. The van der Waals surface area contributed by atoms with Crippen LogP contribution in [0.15, 0.2) is 0 Å². The van der Waals surface area contributed by atoms with Crippen LogP contribution in [0.5, 0.6) is 0 Å². The van der Waals surface area contributed by atoms with Gasteiger partial charge in [0.05, 0.1) is 0 Å². The predicted octanol–water partition coefficient (Wildman–Crippen LogP) is -1.24. The van der Waals surface area contributed by atoms with E-state index in [0.29, 0.717) is 11.5 Å². The minimum absolute atomic E-state index is 0.375. The van der Waals surface area contributed by atoms with E-state index in [4.69, 9.17) is 5.21 Å². The number of nitrogens with one attached hydrogen (secondary N) is 3. The second-order valence-corrected chi connectivity index (χ2v) is 2.72. The monoisotopic (exact) mass is 172 g/mol. The zero-order valence-electron chi connectivity index (χ0n) is 6.07. The average Bonchev–Trinajstić information content (AvgIpc) is 1.99. The summed E-state index contributed by atoms with van der Waals surface area (Å²) in [5.41, 5.74) is 0. The lowest BCUT2D eigenvalue weighted by Crippen LogP contribution is -2.71. The van der Waals surface area contributed by atoms with Gasteiger partial charge in [-0.1, -0.05) is 0 Å². The molecule has 7 nitrogen and oxygen atoms in total.